The fourth-order valence-electron chi connectivity index (χ4n) is 2.64. The molecule has 0 saturated heterocycles. The number of ether oxygens (including phenoxy) is 3. The maximum atomic E-state index is 12.2. The number of amides is 1. The average Bonchev–Trinajstić information content (AvgIpc) is 3.01. The van der Waals surface area contributed by atoms with Gasteiger partial charge >= 0.3 is 0 Å². The van der Waals surface area contributed by atoms with Gasteiger partial charge in [0.1, 0.15) is 17.3 Å². The van der Waals surface area contributed by atoms with Crippen LogP contribution in [0.15, 0.2) is 53.2 Å². The molecule has 2 aromatic carbocycles. The molecule has 0 aromatic heterocycles. The molecule has 1 amide bonds. The Hall–Kier alpha value is -3.28. The standard InChI is InChI=1S/C20H20N2O4/c1-24-15-7-4-13(5-8-15)12-19-21-16(20(23)22-19)10-14-6-9-17(25-2)18(11-14)26-3/h4-11H,12H2,1-3H3,(H,21,22,23)/b16-10+. The molecule has 0 bridgehead atoms. The third-order valence-electron chi connectivity index (χ3n) is 3.99. The predicted octanol–water partition coefficient (Wildman–Crippen LogP) is 2.82. The van der Waals surface area contributed by atoms with Crippen LogP contribution in [0.4, 0.5) is 0 Å². The fraction of sp³-hybridized carbons (Fsp3) is 0.200. The monoisotopic (exact) mass is 352 g/mol. The van der Waals surface area contributed by atoms with Gasteiger partial charge in [-0.3, -0.25) is 4.79 Å². The minimum absolute atomic E-state index is 0.219. The smallest absolute Gasteiger partial charge is 0.275 e. The van der Waals surface area contributed by atoms with Gasteiger partial charge in [0.15, 0.2) is 11.5 Å². The highest BCUT2D eigenvalue weighted by Gasteiger charge is 2.20. The summed E-state index contributed by atoms with van der Waals surface area (Å²) in [7, 11) is 4.78. The van der Waals surface area contributed by atoms with Crippen LogP contribution in [0.5, 0.6) is 17.2 Å². The molecule has 1 aliphatic rings. The van der Waals surface area contributed by atoms with Crippen molar-refractivity contribution in [2.24, 2.45) is 4.99 Å². The highest BCUT2D eigenvalue weighted by molar-refractivity contribution is 6.14. The van der Waals surface area contributed by atoms with Crippen molar-refractivity contribution in [2.45, 2.75) is 6.42 Å². The minimum atomic E-state index is -0.219. The molecule has 0 radical (unpaired) electrons. The Morgan fingerprint density at radius 1 is 0.962 bits per heavy atom. The van der Waals surface area contributed by atoms with E-state index in [9.17, 15) is 4.79 Å². The van der Waals surface area contributed by atoms with Crippen LogP contribution in [0.1, 0.15) is 11.1 Å². The number of aliphatic imine (C=N–C) groups is 1. The van der Waals surface area contributed by atoms with Crippen LogP contribution in [0.25, 0.3) is 6.08 Å². The molecular weight excluding hydrogens is 332 g/mol. The molecule has 0 unspecified atom stereocenters. The summed E-state index contributed by atoms with van der Waals surface area (Å²) in [6.07, 6.45) is 2.26. The third kappa shape index (κ3) is 3.85. The zero-order valence-corrected chi connectivity index (χ0v) is 14.9. The Balaban J connectivity index is 1.79. The summed E-state index contributed by atoms with van der Waals surface area (Å²) in [6.45, 7) is 0. The van der Waals surface area contributed by atoms with Gasteiger partial charge in [-0.1, -0.05) is 18.2 Å². The zero-order chi connectivity index (χ0) is 18.5. The largest absolute Gasteiger partial charge is 0.497 e. The molecule has 1 N–H and O–H groups in total. The van der Waals surface area contributed by atoms with Gasteiger partial charge in [0, 0.05) is 6.42 Å². The zero-order valence-electron chi connectivity index (χ0n) is 14.9. The Labute approximate surface area is 152 Å². The molecule has 0 fully saturated rings. The van der Waals surface area contributed by atoms with Gasteiger partial charge in [0.2, 0.25) is 0 Å². The molecule has 1 aliphatic heterocycles. The van der Waals surface area contributed by atoms with Crippen LogP contribution in [0, 0.1) is 0 Å². The molecule has 6 nitrogen and oxygen atoms in total. The van der Waals surface area contributed by atoms with Crippen molar-refractivity contribution in [2.75, 3.05) is 21.3 Å². The number of hydrogen-bond donors (Lipinski definition) is 1. The fourth-order valence-corrected chi connectivity index (χ4v) is 2.64. The second kappa shape index (κ2) is 7.74. The van der Waals surface area contributed by atoms with Gasteiger partial charge in [-0.2, -0.15) is 0 Å². The normalized spacial score (nSPS) is 14.8. The number of hydrogen-bond acceptors (Lipinski definition) is 5. The molecule has 0 aliphatic carbocycles. The van der Waals surface area contributed by atoms with Crippen LogP contribution >= 0.6 is 0 Å². The van der Waals surface area contributed by atoms with E-state index in [1.807, 2.05) is 30.3 Å². The van der Waals surface area contributed by atoms with E-state index in [0.29, 0.717) is 29.5 Å². The second-order valence-corrected chi connectivity index (χ2v) is 5.68. The van der Waals surface area contributed by atoms with Crippen molar-refractivity contribution in [1.29, 1.82) is 0 Å². The van der Waals surface area contributed by atoms with E-state index in [4.69, 9.17) is 14.2 Å². The Bertz CT molecular complexity index is 870. The van der Waals surface area contributed by atoms with Gasteiger partial charge in [0.25, 0.3) is 5.91 Å². The number of nitrogens with one attached hydrogen (secondary N) is 1. The summed E-state index contributed by atoms with van der Waals surface area (Å²) < 4.78 is 15.7. The van der Waals surface area contributed by atoms with Gasteiger partial charge in [-0.25, -0.2) is 4.99 Å². The first-order valence-electron chi connectivity index (χ1n) is 8.08. The van der Waals surface area contributed by atoms with Crippen molar-refractivity contribution in [1.82, 2.24) is 5.32 Å². The molecular formula is C20H20N2O4. The molecule has 134 valence electrons. The summed E-state index contributed by atoms with van der Waals surface area (Å²) in [5.41, 5.74) is 2.21. The van der Waals surface area contributed by atoms with Crippen molar-refractivity contribution in [3.8, 4) is 17.2 Å². The molecule has 2 aromatic rings. The van der Waals surface area contributed by atoms with Crippen LogP contribution < -0.4 is 19.5 Å². The maximum absolute atomic E-state index is 12.2. The molecule has 26 heavy (non-hydrogen) atoms. The van der Waals surface area contributed by atoms with E-state index in [-0.39, 0.29) is 5.91 Å². The van der Waals surface area contributed by atoms with Crippen LogP contribution in [-0.2, 0) is 11.2 Å². The number of carbonyl (C=O) groups excluding carboxylic acids is 1. The van der Waals surface area contributed by atoms with Crippen molar-refractivity contribution >= 4 is 17.8 Å². The summed E-state index contributed by atoms with van der Waals surface area (Å²) in [5, 5.41) is 2.81. The number of nitrogens with zero attached hydrogens (tertiary/aromatic N) is 1. The van der Waals surface area contributed by atoms with Crippen molar-refractivity contribution in [3.63, 3.8) is 0 Å². The third-order valence-corrected chi connectivity index (χ3v) is 3.99. The minimum Gasteiger partial charge on any atom is -0.497 e. The van der Waals surface area contributed by atoms with Crippen LogP contribution in [0.2, 0.25) is 0 Å². The quantitative estimate of drug-likeness (QED) is 0.812. The first kappa shape index (κ1) is 17.5. The van der Waals surface area contributed by atoms with E-state index in [0.717, 1.165) is 16.9 Å². The summed E-state index contributed by atoms with van der Waals surface area (Å²) in [6, 6.07) is 13.1. The lowest BCUT2D eigenvalue weighted by Crippen LogP contribution is -2.25. The molecule has 0 saturated carbocycles. The summed E-state index contributed by atoms with van der Waals surface area (Å²) in [4.78, 5) is 16.6. The number of rotatable bonds is 6. The van der Waals surface area contributed by atoms with Gasteiger partial charge in [-0.15, -0.1) is 0 Å². The maximum Gasteiger partial charge on any atom is 0.275 e. The van der Waals surface area contributed by atoms with E-state index in [1.165, 1.54) is 0 Å². The Kier molecular flexibility index (Phi) is 5.22. The van der Waals surface area contributed by atoms with Crippen LogP contribution in [0.3, 0.4) is 0 Å². The second-order valence-electron chi connectivity index (χ2n) is 5.68. The van der Waals surface area contributed by atoms with Gasteiger partial charge in [-0.05, 0) is 41.5 Å². The topological polar surface area (TPSA) is 69.1 Å². The highest BCUT2D eigenvalue weighted by atomic mass is 16.5. The first-order valence-corrected chi connectivity index (χ1v) is 8.08. The first-order chi connectivity index (χ1) is 12.6. The van der Waals surface area contributed by atoms with E-state index < -0.39 is 0 Å². The van der Waals surface area contributed by atoms with Crippen LogP contribution in [-0.4, -0.2) is 33.1 Å². The molecule has 3 rings (SSSR count). The van der Waals surface area contributed by atoms with Crippen molar-refractivity contribution < 1.29 is 19.0 Å². The van der Waals surface area contributed by atoms with Gasteiger partial charge < -0.3 is 19.5 Å². The van der Waals surface area contributed by atoms with E-state index in [2.05, 4.69) is 10.3 Å². The molecule has 6 heteroatoms. The predicted molar refractivity (Wildman–Crippen MR) is 99.8 cm³/mol. The lowest BCUT2D eigenvalue weighted by atomic mass is 10.1. The average molecular weight is 352 g/mol. The molecule has 0 atom stereocenters. The van der Waals surface area contributed by atoms with E-state index in [1.54, 1.807) is 39.5 Å². The van der Waals surface area contributed by atoms with Crippen molar-refractivity contribution in [3.05, 3.63) is 59.3 Å². The Morgan fingerprint density at radius 2 is 1.69 bits per heavy atom. The SMILES string of the molecule is COc1ccc(CC2=N/C(=C/c3ccc(OC)c(OC)c3)C(=O)N2)cc1. The molecule has 1 heterocycles. The lowest BCUT2D eigenvalue weighted by molar-refractivity contribution is -0.115. The highest BCUT2D eigenvalue weighted by Crippen LogP contribution is 2.28. The van der Waals surface area contributed by atoms with Gasteiger partial charge in [0.05, 0.1) is 21.3 Å². The lowest BCUT2D eigenvalue weighted by Gasteiger charge is -2.07. The summed E-state index contributed by atoms with van der Waals surface area (Å²) in [5.74, 6) is 2.42. The number of amidine groups is 1. The number of benzene rings is 2. The summed E-state index contributed by atoms with van der Waals surface area (Å²) >= 11 is 0. The number of carbonyl (C=O) groups is 1. The van der Waals surface area contributed by atoms with E-state index >= 15 is 0 Å². The molecule has 0 spiro atoms. The number of methoxy groups -OCH3 is 3. The Morgan fingerprint density at radius 3 is 2.35 bits per heavy atom.